The largest absolute Gasteiger partial charge is 0.493 e. The van der Waals surface area contributed by atoms with Crippen molar-refractivity contribution in [2.24, 2.45) is 0 Å². The van der Waals surface area contributed by atoms with Gasteiger partial charge in [-0.2, -0.15) is 0 Å². The van der Waals surface area contributed by atoms with Gasteiger partial charge in [-0.25, -0.2) is 9.78 Å². The van der Waals surface area contributed by atoms with Crippen LogP contribution in [0, 0.1) is 0 Å². The van der Waals surface area contributed by atoms with Gasteiger partial charge < -0.3 is 30.2 Å². The summed E-state index contributed by atoms with van der Waals surface area (Å²) in [5.74, 6) is 2.09. The molecule has 1 aromatic heterocycles. The summed E-state index contributed by atoms with van der Waals surface area (Å²) in [6.45, 7) is 2.41. The molecule has 0 aliphatic heterocycles. The molecule has 31 heavy (non-hydrogen) atoms. The van der Waals surface area contributed by atoms with Crippen molar-refractivity contribution in [3.63, 3.8) is 0 Å². The highest BCUT2D eigenvalue weighted by Gasteiger charge is 2.14. The van der Waals surface area contributed by atoms with Gasteiger partial charge in [-0.05, 0) is 19.1 Å². The first-order valence-electron chi connectivity index (χ1n) is 9.62. The molecule has 3 rings (SSSR count). The van der Waals surface area contributed by atoms with Gasteiger partial charge in [0.05, 0.1) is 39.4 Å². The number of aromatic nitrogens is 2. The van der Waals surface area contributed by atoms with E-state index in [1.54, 1.807) is 45.9 Å². The van der Waals surface area contributed by atoms with E-state index in [-0.39, 0.29) is 6.03 Å². The summed E-state index contributed by atoms with van der Waals surface area (Å²) in [5.41, 5.74) is 2.83. The zero-order valence-electron chi connectivity index (χ0n) is 17.9. The lowest BCUT2D eigenvalue weighted by molar-refractivity contribution is 0.252. The van der Waals surface area contributed by atoms with Crippen molar-refractivity contribution in [2.75, 3.05) is 38.5 Å². The SMILES string of the molecule is CCNC(=O)Nc1cccc(-c2cncc(Nc3cc(OC)c(OC)c(OC)c3)n2)c1. The lowest BCUT2D eigenvalue weighted by Crippen LogP contribution is -2.28. The Morgan fingerprint density at radius 3 is 2.35 bits per heavy atom. The molecule has 9 nitrogen and oxygen atoms in total. The van der Waals surface area contributed by atoms with Crippen molar-refractivity contribution in [1.29, 1.82) is 0 Å². The molecule has 0 aliphatic carbocycles. The van der Waals surface area contributed by atoms with Gasteiger partial charge in [0.25, 0.3) is 0 Å². The summed E-state index contributed by atoms with van der Waals surface area (Å²) in [7, 11) is 4.67. The van der Waals surface area contributed by atoms with Crippen LogP contribution in [0.5, 0.6) is 17.2 Å². The van der Waals surface area contributed by atoms with Crippen LogP contribution >= 0.6 is 0 Å². The molecule has 0 bridgehead atoms. The molecule has 0 saturated carbocycles. The van der Waals surface area contributed by atoms with Crippen molar-refractivity contribution < 1.29 is 19.0 Å². The summed E-state index contributed by atoms with van der Waals surface area (Å²) < 4.78 is 16.1. The van der Waals surface area contributed by atoms with Crippen LogP contribution in [0.1, 0.15) is 6.92 Å². The number of hydrogen-bond acceptors (Lipinski definition) is 7. The van der Waals surface area contributed by atoms with E-state index in [4.69, 9.17) is 14.2 Å². The van der Waals surface area contributed by atoms with E-state index < -0.39 is 0 Å². The molecule has 0 radical (unpaired) electrons. The number of carbonyl (C=O) groups excluding carboxylic acids is 1. The normalized spacial score (nSPS) is 10.2. The summed E-state index contributed by atoms with van der Waals surface area (Å²) in [4.78, 5) is 20.7. The number of amides is 2. The van der Waals surface area contributed by atoms with E-state index in [2.05, 4.69) is 25.9 Å². The van der Waals surface area contributed by atoms with Gasteiger partial charge in [-0.3, -0.25) is 4.98 Å². The molecule has 3 N–H and O–H groups in total. The number of carbonyl (C=O) groups is 1. The second kappa shape index (κ2) is 10.1. The first-order valence-corrected chi connectivity index (χ1v) is 9.62. The van der Waals surface area contributed by atoms with Crippen LogP contribution in [0.15, 0.2) is 48.8 Å². The number of urea groups is 1. The second-order valence-corrected chi connectivity index (χ2v) is 6.39. The average Bonchev–Trinajstić information content (AvgIpc) is 2.78. The van der Waals surface area contributed by atoms with Crippen molar-refractivity contribution in [2.45, 2.75) is 6.92 Å². The fourth-order valence-electron chi connectivity index (χ4n) is 2.96. The Morgan fingerprint density at radius 1 is 0.968 bits per heavy atom. The third-order valence-corrected chi connectivity index (χ3v) is 4.33. The standard InChI is InChI=1S/C22H25N5O4/c1-5-24-22(28)26-15-8-6-7-14(9-15)17-12-23-13-20(27-17)25-16-10-18(29-2)21(31-4)19(11-16)30-3/h6-13H,5H2,1-4H3,(H,25,27)(H2,24,26,28). The van der Waals surface area contributed by atoms with E-state index in [0.717, 1.165) is 5.56 Å². The van der Waals surface area contributed by atoms with Crippen LogP contribution < -0.4 is 30.2 Å². The van der Waals surface area contributed by atoms with Gasteiger partial charge >= 0.3 is 6.03 Å². The predicted molar refractivity (Wildman–Crippen MR) is 120 cm³/mol. The van der Waals surface area contributed by atoms with E-state index in [1.165, 1.54) is 0 Å². The van der Waals surface area contributed by atoms with E-state index in [0.29, 0.717) is 46.7 Å². The van der Waals surface area contributed by atoms with Crippen molar-refractivity contribution >= 4 is 23.2 Å². The second-order valence-electron chi connectivity index (χ2n) is 6.39. The van der Waals surface area contributed by atoms with Gasteiger partial charge in [-0.1, -0.05) is 12.1 Å². The van der Waals surface area contributed by atoms with Gasteiger partial charge in [0.2, 0.25) is 5.75 Å². The van der Waals surface area contributed by atoms with Crippen LogP contribution in [0.4, 0.5) is 22.0 Å². The molecule has 2 aromatic carbocycles. The minimum atomic E-state index is -0.261. The number of methoxy groups -OCH3 is 3. The molecule has 162 valence electrons. The number of ether oxygens (including phenoxy) is 3. The van der Waals surface area contributed by atoms with Crippen LogP contribution in [-0.4, -0.2) is 43.9 Å². The molecule has 0 saturated heterocycles. The van der Waals surface area contributed by atoms with Crippen LogP contribution in [-0.2, 0) is 0 Å². The zero-order valence-corrected chi connectivity index (χ0v) is 17.9. The number of nitrogens with zero attached hydrogens (tertiary/aromatic N) is 2. The molecule has 2 amide bonds. The quantitative estimate of drug-likeness (QED) is 0.502. The fraction of sp³-hybridized carbons (Fsp3) is 0.227. The van der Waals surface area contributed by atoms with Crippen molar-refractivity contribution in [3.8, 4) is 28.5 Å². The smallest absolute Gasteiger partial charge is 0.319 e. The summed E-state index contributed by atoms with van der Waals surface area (Å²) in [6.07, 6.45) is 3.27. The summed E-state index contributed by atoms with van der Waals surface area (Å²) in [6, 6.07) is 10.7. The molecular formula is C22H25N5O4. The third-order valence-electron chi connectivity index (χ3n) is 4.33. The van der Waals surface area contributed by atoms with Gasteiger partial charge in [0.15, 0.2) is 11.5 Å². The van der Waals surface area contributed by atoms with Gasteiger partial charge in [0.1, 0.15) is 5.82 Å². The first kappa shape index (κ1) is 21.7. The molecule has 0 fully saturated rings. The van der Waals surface area contributed by atoms with Crippen LogP contribution in [0.2, 0.25) is 0 Å². The average molecular weight is 423 g/mol. The molecular weight excluding hydrogens is 398 g/mol. The van der Waals surface area contributed by atoms with Crippen molar-refractivity contribution in [3.05, 3.63) is 48.8 Å². The number of nitrogens with one attached hydrogen (secondary N) is 3. The first-order chi connectivity index (χ1) is 15.1. The Hall–Kier alpha value is -4.01. The predicted octanol–water partition coefficient (Wildman–Crippen LogP) is 4.05. The Labute approximate surface area is 180 Å². The molecule has 0 aliphatic rings. The molecule has 3 aromatic rings. The minimum absolute atomic E-state index is 0.261. The molecule has 0 spiro atoms. The maximum absolute atomic E-state index is 11.8. The van der Waals surface area contributed by atoms with Crippen LogP contribution in [0.25, 0.3) is 11.3 Å². The topological polar surface area (TPSA) is 107 Å². The Kier molecular flexibility index (Phi) is 7.10. The highest BCUT2D eigenvalue weighted by Crippen LogP contribution is 2.40. The molecule has 0 atom stereocenters. The Bertz CT molecular complexity index is 1030. The molecule has 1 heterocycles. The van der Waals surface area contributed by atoms with Gasteiger partial charge in [-0.15, -0.1) is 0 Å². The highest BCUT2D eigenvalue weighted by molar-refractivity contribution is 5.90. The third kappa shape index (κ3) is 5.33. The van der Waals surface area contributed by atoms with Crippen LogP contribution in [0.3, 0.4) is 0 Å². The maximum Gasteiger partial charge on any atom is 0.319 e. The zero-order chi connectivity index (χ0) is 22.2. The summed E-state index contributed by atoms with van der Waals surface area (Å²) in [5, 5.41) is 8.70. The fourth-order valence-corrected chi connectivity index (χ4v) is 2.96. The van der Waals surface area contributed by atoms with E-state index >= 15 is 0 Å². The van der Waals surface area contributed by atoms with Crippen molar-refractivity contribution in [1.82, 2.24) is 15.3 Å². The number of rotatable bonds is 8. The van der Waals surface area contributed by atoms with Gasteiger partial charge in [0, 0.05) is 35.6 Å². The minimum Gasteiger partial charge on any atom is -0.493 e. The number of benzene rings is 2. The highest BCUT2D eigenvalue weighted by atomic mass is 16.5. The van der Waals surface area contributed by atoms with E-state index in [9.17, 15) is 4.79 Å². The Morgan fingerprint density at radius 2 is 1.71 bits per heavy atom. The Balaban J connectivity index is 1.85. The maximum atomic E-state index is 11.8. The molecule has 0 unspecified atom stereocenters. The molecule has 9 heteroatoms. The number of hydrogen-bond donors (Lipinski definition) is 3. The summed E-state index contributed by atoms with van der Waals surface area (Å²) >= 11 is 0. The van der Waals surface area contributed by atoms with E-state index in [1.807, 2.05) is 31.2 Å². The monoisotopic (exact) mass is 423 g/mol. The number of anilines is 3. The lowest BCUT2D eigenvalue weighted by Gasteiger charge is -2.15. The lowest BCUT2D eigenvalue weighted by atomic mass is 10.1.